The van der Waals surface area contributed by atoms with Gasteiger partial charge in [0.25, 0.3) is 0 Å². The fourth-order valence-corrected chi connectivity index (χ4v) is 5.74. The van der Waals surface area contributed by atoms with Crippen LogP contribution >= 0.6 is 0 Å². The highest BCUT2D eigenvalue weighted by Gasteiger charge is 2.37. The Bertz CT molecular complexity index is 1020. The maximum atomic E-state index is 13.1. The number of aromatic nitrogens is 2. The summed E-state index contributed by atoms with van der Waals surface area (Å²) < 4.78 is 19.0. The molecule has 1 saturated heterocycles. The summed E-state index contributed by atoms with van der Waals surface area (Å²) in [5.74, 6) is 1.24. The number of hydrogen-bond donors (Lipinski definition) is 3. The van der Waals surface area contributed by atoms with Gasteiger partial charge >= 0.3 is 0 Å². The number of rotatable bonds is 7. The maximum absolute atomic E-state index is 13.1. The molecule has 3 aliphatic rings. The molecule has 1 aliphatic heterocycles. The third kappa shape index (κ3) is 5.89. The van der Waals surface area contributed by atoms with Crippen molar-refractivity contribution in [1.82, 2.24) is 26.1 Å². The monoisotopic (exact) mass is 483 g/mol. The van der Waals surface area contributed by atoms with E-state index >= 15 is 0 Å². The van der Waals surface area contributed by atoms with Gasteiger partial charge in [-0.3, -0.25) is 14.9 Å². The van der Waals surface area contributed by atoms with Crippen molar-refractivity contribution in [1.29, 1.82) is 0 Å². The topological polar surface area (TPSA) is 109 Å². The molecule has 2 saturated carbocycles. The number of fused-ring (bicyclic) bond motifs is 1. The number of hydrogen-bond acceptors (Lipinski definition) is 6. The molecule has 0 radical (unpaired) electrons. The van der Waals surface area contributed by atoms with E-state index in [2.05, 4.69) is 26.1 Å². The Morgan fingerprint density at radius 2 is 1.83 bits per heavy atom. The zero-order chi connectivity index (χ0) is 24.2. The fraction of sp³-hybridized carbons (Fsp3) is 0.615. The average Bonchev–Trinajstić information content (AvgIpc) is 3.35. The predicted molar refractivity (Wildman–Crippen MR) is 127 cm³/mol. The van der Waals surface area contributed by atoms with Gasteiger partial charge in [0.1, 0.15) is 5.82 Å². The van der Waals surface area contributed by atoms with E-state index in [9.17, 15) is 14.0 Å². The van der Waals surface area contributed by atoms with Gasteiger partial charge in [-0.25, -0.2) is 4.39 Å². The molecule has 3 N–H and O–H groups in total. The van der Waals surface area contributed by atoms with Crippen LogP contribution in [0.3, 0.4) is 0 Å². The van der Waals surface area contributed by atoms with Crippen molar-refractivity contribution in [2.75, 3.05) is 0 Å². The minimum atomic E-state index is -0.302. The molecule has 2 amide bonds. The molecule has 0 bridgehead atoms. The van der Waals surface area contributed by atoms with Crippen molar-refractivity contribution in [3.8, 4) is 11.5 Å². The number of nitrogens with zero attached hydrogens (tertiary/aromatic N) is 2. The molecule has 5 rings (SSSR count). The molecule has 9 heteroatoms. The van der Waals surface area contributed by atoms with Gasteiger partial charge in [-0.1, -0.05) is 12.8 Å². The number of halogens is 1. The number of carbonyl (C=O) groups excluding carboxylic acids is 2. The van der Waals surface area contributed by atoms with E-state index in [1.165, 1.54) is 18.6 Å². The Kier molecular flexibility index (Phi) is 7.41. The maximum Gasteiger partial charge on any atom is 0.247 e. The number of nitrogens with one attached hydrogen (secondary N) is 3. The lowest BCUT2D eigenvalue weighted by molar-refractivity contribution is -0.130. The molecule has 35 heavy (non-hydrogen) atoms. The third-order valence-corrected chi connectivity index (χ3v) is 7.70. The van der Waals surface area contributed by atoms with Gasteiger partial charge in [0, 0.05) is 30.0 Å². The van der Waals surface area contributed by atoms with Crippen LogP contribution in [0.15, 0.2) is 28.7 Å². The fourth-order valence-electron chi connectivity index (χ4n) is 5.74. The molecule has 1 aromatic heterocycles. The van der Waals surface area contributed by atoms with Crippen LogP contribution in [-0.4, -0.2) is 40.3 Å². The summed E-state index contributed by atoms with van der Waals surface area (Å²) >= 11 is 0. The lowest BCUT2D eigenvalue weighted by Gasteiger charge is -2.40. The van der Waals surface area contributed by atoms with E-state index in [1.807, 2.05) is 0 Å². The van der Waals surface area contributed by atoms with Crippen LogP contribution in [0.2, 0.25) is 0 Å². The van der Waals surface area contributed by atoms with Crippen molar-refractivity contribution in [3.63, 3.8) is 0 Å². The molecule has 2 aromatic rings. The number of carbonyl (C=O) groups is 2. The highest BCUT2D eigenvalue weighted by molar-refractivity contribution is 5.80. The van der Waals surface area contributed by atoms with Gasteiger partial charge < -0.3 is 15.1 Å². The standard InChI is InChI=1S/C26H34FN5O3/c27-18-12-8-16(9-13-18)25-31-32-26(35-25)17-10-14-19(15-11-17)28-23(33)7-3-6-22-29-21-5-2-1-4-20(21)24(34)30-22/h8-9,12-13,17,19-22,29H,1-7,10-11,14-15H2,(H,28,33)(H,30,34). The van der Waals surface area contributed by atoms with Crippen molar-refractivity contribution in [2.24, 2.45) is 5.92 Å². The van der Waals surface area contributed by atoms with E-state index in [4.69, 9.17) is 4.42 Å². The van der Waals surface area contributed by atoms with Crippen LogP contribution in [0, 0.1) is 11.7 Å². The second-order valence-electron chi connectivity index (χ2n) is 10.2. The third-order valence-electron chi connectivity index (χ3n) is 7.70. The van der Waals surface area contributed by atoms with Crippen molar-refractivity contribution in [2.45, 2.75) is 94.8 Å². The first-order valence-corrected chi connectivity index (χ1v) is 13.0. The highest BCUT2D eigenvalue weighted by Crippen LogP contribution is 2.33. The summed E-state index contributed by atoms with van der Waals surface area (Å²) in [7, 11) is 0. The van der Waals surface area contributed by atoms with Gasteiger partial charge in [-0.05, 0) is 75.6 Å². The van der Waals surface area contributed by atoms with Gasteiger partial charge in [0.05, 0.1) is 12.1 Å². The minimum Gasteiger partial charge on any atom is -0.420 e. The van der Waals surface area contributed by atoms with Crippen molar-refractivity contribution in [3.05, 3.63) is 36.0 Å². The predicted octanol–water partition coefficient (Wildman–Crippen LogP) is 3.79. The van der Waals surface area contributed by atoms with Gasteiger partial charge in [0.2, 0.25) is 23.6 Å². The molecule has 8 nitrogen and oxygen atoms in total. The lowest BCUT2D eigenvalue weighted by Crippen LogP contribution is -2.62. The zero-order valence-corrected chi connectivity index (χ0v) is 20.0. The first-order chi connectivity index (χ1) is 17.0. The van der Waals surface area contributed by atoms with E-state index in [0.717, 1.165) is 57.8 Å². The first kappa shape index (κ1) is 23.9. The molecular weight excluding hydrogens is 449 g/mol. The first-order valence-electron chi connectivity index (χ1n) is 13.0. The summed E-state index contributed by atoms with van der Waals surface area (Å²) in [5, 5.41) is 18.2. The average molecular weight is 484 g/mol. The van der Waals surface area contributed by atoms with Crippen LogP contribution in [0.1, 0.15) is 82.4 Å². The Balaban J connectivity index is 1.02. The van der Waals surface area contributed by atoms with E-state index < -0.39 is 0 Å². The number of benzene rings is 1. The normalized spacial score (nSPS) is 28.7. The zero-order valence-electron chi connectivity index (χ0n) is 20.0. The highest BCUT2D eigenvalue weighted by atomic mass is 19.1. The summed E-state index contributed by atoms with van der Waals surface area (Å²) in [6.07, 6.45) is 9.78. The van der Waals surface area contributed by atoms with Crippen LogP contribution in [0.25, 0.3) is 11.5 Å². The van der Waals surface area contributed by atoms with E-state index in [0.29, 0.717) is 23.8 Å². The second kappa shape index (κ2) is 10.8. The quantitative estimate of drug-likeness (QED) is 0.553. The van der Waals surface area contributed by atoms with Gasteiger partial charge in [-0.15, -0.1) is 10.2 Å². The Morgan fingerprint density at radius 3 is 2.63 bits per heavy atom. The Hall–Kier alpha value is -2.81. The summed E-state index contributed by atoms with van der Waals surface area (Å²) in [5.41, 5.74) is 0.702. The van der Waals surface area contributed by atoms with Crippen LogP contribution in [0.5, 0.6) is 0 Å². The smallest absolute Gasteiger partial charge is 0.247 e. The van der Waals surface area contributed by atoms with Crippen LogP contribution in [0.4, 0.5) is 4.39 Å². The van der Waals surface area contributed by atoms with Crippen molar-refractivity contribution >= 4 is 11.8 Å². The van der Waals surface area contributed by atoms with E-state index in [-0.39, 0.29) is 47.7 Å². The van der Waals surface area contributed by atoms with E-state index in [1.54, 1.807) is 12.1 Å². The molecule has 1 aromatic carbocycles. The SMILES string of the molecule is O=C(CCCC1NC(=O)C2CCCCC2N1)NC1CCC(c2nnc(-c3ccc(F)cc3)o2)CC1. The molecule has 3 fully saturated rings. The second-order valence-corrected chi connectivity index (χ2v) is 10.2. The summed E-state index contributed by atoms with van der Waals surface area (Å²) in [6, 6.07) is 6.46. The Labute approximate surface area is 204 Å². The molecule has 0 spiro atoms. The molecule has 188 valence electrons. The largest absolute Gasteiger partial charge is 0.420 e. The minimum absolute atomic E-state index is 0.0284. The summed E-state index contributed by atoms with van der Waals surface area (Å²) in [6.45, 7) is 0. The summed E-state index contributed by atoms with van der Waals surface area (Å²) in [4.78, 5) is 24.8. The van der Waals surface area contributed by atoms with Crippen LogP contribution < -0.4 is 16.0 Å². The Morgan fingerprint density at radius 1 is 1.06 bits per heavy atom. The molecule has 3 atom stereocenters. The van der Waals surface area contributed by atoms with Crippen molar-refractivity contribution < 1.29 is 18.4 Å². The molecule has 3 unspecified atom stereocenters. The molecular formula is C26H34FN5O3. The van der Waals surface area contributed by atoms with Gasteiger partial charge in [-0.2, -0.15) is 0 Å². The number of amides is 2. The van der Waals surface area contributed by atoms with Crippen LogP contribution in [-0.2, 0) is 9.59 Å². The van der Waals surface area contributed by atoms with Gasteiger partial charge in [0.15, 0.2) is 0 Å². The molecule has 2 aliphatic carbocycles. The lowest BCUT2D eigenvalue weighted by atomic mass is 9.82. The molecule has 2 heterocycles.